The molecule has 0 aliphatic rings. The van der Waals surface area contributed by atoms with Gasteiger partial charge in [-0.05, 0) is 12.8 Å². The van der Waals surface area contributed by atoms with E-state index in [2.05, 4.69) is 13.5 Å². The van der Waals surface area contributed by atoms with Crippen molar-refractivity contribution in [3.8, 4) is 0 Å². The number of carbonyl (C=O) groups is 2. The Morgan fingerprint density at radius 3 is 2.38 bits per heavy atom. The van der Waals surface area contributed by atoms with Gasteiger partial charge in [0.1, 0.15) is 0 Å². The van der Waals surface area contributed by atoms with Gasteiger partial charge in [-0.25, -0.2) is 0 Å². The molecule has 0 fully saturated rings. The standard InChI is InChI=1S/C10H15O2.Rf/c1-4-5-6-9(11)10(12)7-8(2)3;/h4,8H,1-2,5-7H2,3H3;/q-1;. The summed E-state index contributed by atoms with van der Waals surface area (Å²) in [6.45, 7) is 8.94. The zero-order chi connectivity index (χ0) is 9.56. The fourth-order valence-electron chi connectivity index (χ4n) is 0.803. The molecule has 0 N–H and O–H groups in total. The van der Waals surface area contributed by atoms with Gasteiger partial charge in [-0.3, -0.25) is 9.59 Å². The molecule has 0 radical (unpaired) electrons. The number of ketones is 2. The van der Waals surface area contributed by atoms with Gasteiger partial charge in [0.15, 0.2) is 11.6 Å². The van der Waals surface area contributed by atoms with Gasteiger partial charge < -0.3 is 6.92 Å². The number of rotatable bonds is 6. The Morgan fingerprint density at radius 1 is 1.46 bits per heavy atom. The van der Waals surface area contributed by atoms with Crippen LogP contribution in [0.2, 0.25) is 0 Å². The molecule has 0 saturated heterocycles. The van der Waals surface area contributed by atoms with Crippen molar-refractivity contribution in [2.24, 2.45) is 5.92 Å². The first-order valence-electron chi connectivity index (χ1n) is 4.08. The summed E-state index contributed by atoms with van der Waals surface area (Å²) in [5.74, 6) is -0.588. The number of hydrogen-bond acceptors (Lipinski definition) is 2. The summed E-state index contributed by atoms with van der Waals surface area (Å²) >= 11 is 0. The van der Waals surface area contributed by atoms with E-state index in [4.69, 9.17) is 0 Å². The molecule has 0 aliphatic heterocycles. The molecule has 0 rings (SSSR count). The molecule has 1 atom stereocenters. The minimum atomic E-state index is -0.306. The Morgan fingerprint density at radius 2 is 2.00 bits per heavy atom. The number of allylic oxidation sites excluding steroid dienone is 1. The summed E-state index contributed by atoms with van der Waals surface area (Å²) in [6.07, 6.45) is 2.76. The van der Waals surface area contributed by atoms with Crippen LogP contribution in [0.3, 0.4) is 0 Å². The Labute approximate surface area is 73.7 Å². The summed E-state index contributed by atoms with van der Waals surface area (Å²) in [5, 5.41) is 0. The van der Waals surface area contributed by atoms with E-state index < -0.39 is 0 Å². The van der Waals surface area contributed by atoms with Crippen LogP contribution >= 0.6 is 0 Å². The van der Waals surface area contributed by atoms with Crippen LogP contribution in [0.5, 0.6) is 0 Å². The minimum Gasteiger partial charge on any atom is -0.340 e. The second-order valence-electron chi connectivity index (χ2n) is 2.98. The van der Waals surface area contributed by atoms with Crippen LogP contribution in [-0.4, -0.2) is 11.6 Å². The van der Waals surface area contributed by atoms with Crippen LogP contribution in [0.1, 0.15) is 26.2 Å². The van der Waals surface area contributed by atoms with Crippen molar-refractivity contribution in [2.75, 3.05) is 0 Å². The van der Waals surface area contributed by atoms with Crippen molar-refractivity contribution in [2.45, 2.75) is 26.2 Å². The first-order valence-corrected chi connectivity index (χ1v) is 4.08. The molecule has 0 saturated carbocycles. The summed E-state index contributed by atoms with van der Waals surface area (Å²) in [7, 11) is 0. The van der Waals surface area contributed by atoms with E-state index in [1.165, 1.54) is 0 Å². The monoisotopic (exact) mass is 434 g/mol. The number of hydrogen-bond donors (Lipinski definition) is 0. The fourth-order valence-corrected chi connectivity index (χ4v) is 0.803. The molecule has 0 aromatic carbocycles. The SMILES string of the molecule is C=CCCC(=O)C(=O)CC([CH2-])C.[Rf]. The Hall–Kier alpha value is -1.92. The molecule has 0 aliphatic carbocycles. The molecule has 0 bridgehead atoms. The Balaban J connectivity index is 0. The van der Waals surface area contributed by atoms with Crippen molar-refractivity contribution >= 4 is 11.6 Å². The zero-order valence-corrected chi connectivity index (χ0v) is 14.6. The molecule has 70 valence electrons. The molecule has 13 heavy (non-hydrogen) atoms. The average Bonchev–Trinajstić information content (AvgIpc) is 1.98. The smallest absolute Gasteiger partial charge is 0.198 e. The van der Waals surface area contributed by atoms with E-state index in [0.29, 0.717) is 6.42 Å². The third-order valence-electron chi connectivity index (χ3n) is 1.42. The predicted molar refractivity (Wildman–Crippen MR) is 48.6 cm³/mol. The maximum atomic E-state index is 11.0. The largest absolute Gasteiger partial charge is 0.340 e. The van der Waals surface area contributed by atoms with Crippen LogP contribution < -0.4 is 0 Å². The van der Waals surface area contributed by atoms with Gasteiger partial charge in [0.2, 0.25) is 0 Å². The van der Waals surface area contributed by atoms with Gasteiger partial charge in [0.25, 0.3) is 0 Å². The summed E-state index contributed by atoms with van der Waals surface area (Å²) < 4.78 is 0. The third kappa shape index (κ3) is 6.48. The zero-order valence-electron chi connectivity index (χ0n) is 8.21. The molecule has 0 heterocycles. The van der Waals surface area contributed by atoms with Crippen molar-refractivity contribution in [1.29, 1.82) is 0 Å². The number of Topliss-reactive ketones (excluding diaryl/α,β-unsaturated/α-hetero) is 2. The summed E-state index contributed by atoms with van der Waals surface area (Å²) in [6, 6.07) is 0. The minimum absolute atomic E-state index is 0. The average molecular weight is 434 g/mol. The van der Waals surface area contributed by atoms with E-state index in [-0.39, 0.29) is 30.3 Å². The van der Waals surface area contributed by atoms with Crippen LogP contribution in [0, 0.1) is 12.8 Å². The van der Waals surface area contributed by atoms with Crippen molar-refractivity contribution in [3.05, 3.63) is 19.6 Å². The molecule has 0 aromatic rings. The first kappa shape index (κ1) is 13.7. The summed E-state index contributed by atoms with van der Waals surface area (Å²) in [4.78, 5) is 22.0. The van der Waals surface area contributed by atoms with Gasteiger partial charge in [-0.2, -0.15) is 5.92 Å². The van der Waals surface area contributed by atoms with Crippen LogP contribution in [0.25, 0.3) is 0 Å². The van der Waals surface area contributed by atoms with Gasteiger partial charge in [-0.15, -0.1) is 6.58 Å². The second-order valence-corrected chi connectivity index (χ2v) is 2.98. The Bertz CT molecular complexity index is 185. The van der Waals surface area contributed by atoms with Crippen molar-refractivity contribution in [3.63, 3.8) is 0 Å². The van der Waals surface area contributed by atoms with Gasteiger partial charge >= 0.3 is 0 Å². The fraction of sp³-hybridized carbons (Fsp3) is 0.500. The van der Waals surface area contributed by atoms with Crippen LogP contribution in [0.4, 0.5) is 0 Å². The quantitative estimate of drug-likeness (QED) is 0.364. The van der Waals surface area contributed by atoms with E-state index in [1.807, 2.05) is 6.92 Å². The molecule has 0 amide bonds. The molecular formula is C10H15O2Rf-. The second kappa shape index (κ2) is 6.77. The summed E-state index contributed by atoms with van der Waals surface area (Å²) in [5.41, 5.74) is 0. The first-order chi connectivity index (χ1) is 5.57. The van der Waals surface area contributed by atoms with Gasteiger partial charge in [-0.1, -0.05) is 13.0 Å². The van der Waals surface area contributed by atoms with Crippen molar-refractivity contribution < 1.29 is 9.59 Å². The van der Waals surface area contributed by atoms with Gasteiger partial charge in [0, 0.05) is 6.42 Å². The topological polar surface area (TPSA) is 34.1 Å². The van der Waals surface area contributed by atoms with E-state index in [1.54, 1.807) is 6.08 Å². The maximum absolute atomic E-state index is 11.0. The molecule has 2 nitrogen and oxygen atoms in total. The molecule has 0 aromatic heterocycles. The van der Waals surface area contributed by atoms with Crippen LogP contribution in [-0.2, 0) is 9.59 Å². The maximum Gasteiger partial charge on any atom is 0.198 e. The van der Waals surface area contributed by atoms with Gasteiger partial charge in [0.05, 0.1) is 0 Å². The molecule has 1 unspecified atom stereocenters. The Kier molecular flexibility index (Phi) is 7.11. The van der Waals surface area contributed by atoms with E-state index in [0.717, 1.165) is 0 Å². The normalized spacial score (nSPS) is 11.2. The molecule has 0 spiro atoms. The predicted octanol–water partition coefficient (Wildman–Crippen LogP) is 1.95. The van der Waals surface area contributed by atoms with Crippen molar-refractivity contribution in [1.82, 2.24) is 0 Å². The molecular weight excluding hydrogens is 419 g/mol. The van der Waals surface area contributed by atoms with Crippen LogP contribution in [0.15, 0.2) is 12.7 Å². The van der Waals surface area contributed by atoms with E-state index >= 15 is 0 Å². The third-order valence-corrected chi connectivity index (χ3v) is 1.42. The number of carbonyl (C=O) groups excluding carboxylic acids is 2. The molecule has 3 heteroatoms. The van der Waals surface area contributed by atoms with E-state index in [9.17, 15) is 9.59 Å².